The number of halogens is 2. The fourth-order valence-electron chi connectivity index (χ4n) is 1.38. The van der Waals surface area contributed by atoms with E-state index in [1.165, 1.54) is 0 Å². The second kappa shape index (κ2) is 6.49. The molecule has 1 aromatic carbocycles. The van der Waals surface area contributed by atoms with E-state index in [1.54, 1.807) is 12.1 Å². The lowest BCUT2D eigenvalue weighted by atomic mass is 10.2. The van der Waals surface area contributed by atoms with Gasteiger partial charge in [0.1, 0.15) is 0 Å². The van der Waals surface area contributed by atoms with Crippen LogP contribution in [0.4, 0.5) is 11.4 Å². The van der Waals surface area contributed by atoms with Crippen molar-refractivity contribution in [3.63, 3.8) is 0 Å². The Morgan fingerprint density at radius 1 is 1.33 bits per heavy atom. The molecule has 0 N–H and O–H groups in total. The number of nitrogens with zero attached hydrogens (tertiary/aromatic N) is 3. The van der Waals surface area contributed by atoms with Gasteiger partial charge in [0.05, 0.1) is 16.8 Å². The van der Waals surface area contributed by atoms with Crippen LogP contribution in [0.1, 0.15) is 13.8 Å². The second-order valence-electron chi connectivity index (χ2n) is 2.91. The van der Waals surface area contributed by atoms with Gasteiger partial charge in [-0.1, -0.05) is 11.6 Å². The van der Waals surface area contributed by atoms with Gasteiger partial charge in [0.25, 0.3) is 0 Å². The van der Waals surface area contributed by atoms with Crippen LogP contribution >= 0.6 is 11.6 Å². The average molecular weight is 246 g/mol. The van der Waals surface area contributed by atoms with E-state index in [0.29, 0.717) is 10.7 Å². The van der Waals surface area contributed by atoms with E-state index in [9.17, 15) is 0 Å². The van der Waals surface area contributed by atoms with Gasteiger partial charge in [-0.25, -0.2) is 0 Å². The van der Waals surface area contributed by atoms with Crippen LogP contribution in [0, 0.1) is 5.39 Å². The van der Waals surface area contributed by atoms with E-state index in [-0.39, 0.29) is 12.4 Å². The predicted octanol–water partition coefficient (Wildman–Crippen LogP) is 0.675. The lowest BCUT2D eigenvalue weighted by Gasteiger charge is -2.21. The summed E-state index contributed by atoms with van der Waals surface area (Å²) in [4.78, 5) is 5.22. The summed E-state index contributed by atoms with van der Waals surface area (Å²) in [6.45, 7) is 5.96. The summed E-state index contributed by atoms with van der Waals surface area (Å²) in [5.41, 5.74) is 1.45. The van der Waals surface area contributed by atoms with Gasteiger partial charge in [-0.15, -0.1) is 0 Å². The van der Waals surface area contributed by atoms with Crippen molar-refractivity contribution < 1.29 is 12.4 Å². The maximum absolute atomic E-state index is 8.56. The van der Waals surface area contributed by atoms with E-state index in [1.807, 2.05) is 6.07 Å². The minimum Gasteiger partial charge on any atom is -1.00 e. The molecule has 0 atom stereocenters. The first kappa shape index (κ1) is 14.0. The molecule has 0 heterocycles. The highest BCUT2D eigenvalue weighted by atomic mass is 35.5. The molecule has 15 heavy (non-hydrogen) atoms. The van der Waals surface area contributed by atoms with Crippen LogP contribution < -0.4 is 17.3 Å². The van der Waals surface area contributed by atoms with Crippen molar-refractivity contribution in [2.75, 3.05) is 18.0 Å². The highest BCUT2D eigenvalue weighted by Gasteiger charge is 2.11. The normalized spacial score (nSPS) is 8.93. The first-order valence-corrected chi connectivity index (χ1v) is 5.00. The van der Waals surface area contributed by atoms with Crippen molar-refractivity contribution in [3.05, 3.63) is 28.2 Å². The third-order valence-electron chi connectivity index (χ3n) is 2.15. The summed E-state index contributed by atoms with van der Waals surface area (Å²) in [5.74, 6) is 0. The zero-order valence-corrected chi connectivity index (χ0v) is 10.3. The summed E-state index contributed by atoms with van der Waals surface area (Å²) < 4.78 is 0. The van der Waals surface area contributed by atoms with Crippen LogP contribution in [-0.4, -0.2) is 13.1 Å². The third kappa shape index (κ3) is 3.26. The highest BCUT2D eigenvalue weighted by molar-refractivity contribution is 6.33. The highest BCUT2D eigenvalue weighted by Crippen LogP contribution is 2.29. The summed E-state index contributed by atoms with van der Waals surface area (Å²) >= 11 is 6.05. The topological polar surface area (TPSA) is 31.4 Å². The summed E-state index contributed by atoms with van der Waals surface area (Å²) in [6.07, 6.45) is 0. The molecule has 5 heteroatoms. The third-order valence-corrected chi connectivity index (χ3v) is 2.45. The number of hydrogen-bond acceptors (Lipinski definition) is 2. The van der Waals surface area contributed by atoms with Crippen LogP contribution in [0.25, 0.3) is 4.98 Å². The summed E-state index contributed by atoms with van der Waals surface area (Å²) in [6, 6.07) is 5.25. The molecule has 0 spiro atoms. The van der Waals surface area contributed by atoms with Gasteiger partial charge < -0.3 is 17.3 Å². The molecular formula is C10H13Cl2N3. The monoisotopic (exact) mass is 245 g/mol. The minimum absolute atomic E-state index is 0. The van der Waals surface area contributed by atoms with Gasteiger partial charge in [0.2, 0.25) is 5.39 Å². The van der Waals surface area contributed by atoms with E-state index in [2.05, 4.69) is 23.7 Å². The first-order chi connectivity index (χ1) is 6.72. The molecule has 0 unspecified atom stereocenters. The number of rotatable bonds is 3. The van der Waals surface area contributed by atoms with Crippen molar-refractivity contribution in [3.8, 4) is 0 Å². The molecular weight excluding hydrogens is 233 g/mol. The van der Waals surface area contributed by atoms with Crippen LogP contribution in [0.5, 0.6) is 0 Å². The fourth-order valence-corrected chi connectivity index (χ4v) is 1.67. The van der Waals surface area contributed by atoms with E-state index in [4.69, 9.17) is 17.0 Å². The van der Waals surface area contributed by atoms with Crippen molar-refractivity contribution >= 4 is 23.0 Å². The molecule has 0 fully saturated rings. The van der Waals surface area contributed by atoms with Crippen molar-refractivity contribution in [1.82, 2.24) is 0 Å². The molecule has 0 amide bonds. The zero-order chi connectivity index (χ0) is 10.6. The molecule has 0 saturated carbocycles. The maximum Gasteiger partial charge on any atom is 0.386 e. The molecule has 1 aromatic rings. The summed E-state index contributed by atoms with van der Waals surface area (Å²) in [7, 11) is 0. The van der Waals surface area contributed by atoms with Gasteiger partial charge >= 0.3 is 5.69 Å². The quantitative estimate of drug-likeness (QED) is 0.734. The number of diazo groups is 1. The molecule has 1 rings (SSSR count). The lowest BCUT2D eigenvalue weighted by Crippen LogP contribution is -3.00. The Morgan fingerprint density at radius 3 is 2.33 bits per heavy atom. The Hall–Kier alpha value is -0.980. The van der Waals surface area contributed by atoms with Crippen LogP contribution in [0.3, 0.4) is 0 Å². The molecule has 0 aliphatic carbocycles. The molecule has 0 radical (unpaired) electrons. The maximum atomic E-state index is 8.56. The van der Waals surface area contributed by atoms with Crippen molar-refractivity contribution in [2.24, 2.45) is 0 Å². The smallest absolute Gasteiger partial charge is 0.386 e. The van der Waals surface area contributed by atoms with Crippen LogP contribution in [0.2, 0.25) is 5.02 Å². The second-order valence-corrected chi connectivity index (χ2v) is 3.32. The van der Waals surface area contributed by atoms with E-state index >= 15 is 0 Å². The standard InChI is InChI=1S/C10H13ClN3.ClH/c1-3-14(4-2)10-6-5-8(13-12)7-9(10)11;/h5-7H,3-4H2,1-2H3;1H/q+1;/p-1. The molecule has 3 nitrogen and oxygen atoms in total. The molecule has 0 aliphatic heterocycles. The Labute approximate surface area is 101 Å². The van der Waals surface area contributed by atoms with Gasteiger partial charge in [-0.2, -0.15) is 0 Å². The van der Waals surface area contributed by atoms with Gasteiger partial charge in [-0.05, 0) is 19.9 Å². The number of anilines is 1. The molecule has 0 aromatic heterocycles. The number of hydrogen-bond donors (Lipinski definition) is 0. The molecule has 0 aliphatic rings. The Morgan fingerprint density at radius 2 is 1.93 bits per heavy atom. The zero-order valence-electron chi connectivity index (χ0n) is 8.74. The average Bonchev–Trinajstić information content (AvgIpc) is 2.22. The predicted molar refractivity (Wildman–Crippen MR) is 59.8 cm³/mol. The van der Waals surface area contributed by atoms with Crippen molar-refractivity contribution in [2.45, 2.75) is 13.8 Å². The van der Waals surface area contributed by atoms with Crippen LogP contribution in [-0.2, 0) is 0 Å². The van der Waals surface area contributed by atoms with Gasteiger partial charge in [0.15, 0.2) is 4.98 Å². The lowest BCUT2D eigenvalue weighted by molar-refractivity contribution is -0.00000309. The van der Waals surface area contributed by atoms with Crippen LogP contribution in [0.15, 0.2) is 18.2 Å². The summed E-state index contributed by atoms with van der Waals surface area (Å²) in [5, 5.41) is 9.17. The molecule has 82 valence electrons. The Kier molecular flexibility index (Phi) is 6.07. The Bertz CT molecular complexity index is 356. The molecule has 0 bridgehead atoms. The number of benzene rings is 1. The largest absolute Gasteiger partial charge is 1.00 e. The Balaban J connectivity index is 0.00000196. The van der Waals surface area contributed by atoms with Gasteiger partial charge in [0, 0.05) is 19.2 Å². The fraction of sp³-hybridized carbons (Fsp3) is 0.400. The van der Waals surface area contributed by atoms with Crippen molar-refractivity contribution in [1.29, 1.82) is 5.39 Å². The minimum atomic E-state index is 0. The first-order valence-electron chi connectivity index (χ1n) is 4.62. The van der Waals surface area contributed by atoms with E-state index in [0.717, 1.165) is 18.8 Å². The molecule has 0 saturated heterocycles. The van der Waals surface area contributed by atoms with Gasteiger partial charge in [-0.3, -0.25) is 0 Å². The SMILES string of the molecule is CCN(CC)c1ccc([N+]#N)cc1Cl.[Cl-]. The van der Waals surface area contributed by atoms with E-state index < -0.39 is 0 Å².